The standard InChI is InChI=1S/C28H26OP/c29-28(24-14-5-1-6-15-24)22-13-23-30(25-16-7-2-8-17-25,26-18-9-3-10-19-26)27-20-11-4-12-21-27/h1-12,14-21H,13,22-23H2/q+1. The largest absolute Gasteiger partial charge is 0.294 e. The SMILES string of the molecule is O=C(CCC[P+](c1ccccc1)(c1ccccc1)c1ccccc1)c1ccccc1. The number of carbonyl (C=O) groups excluding carboxylic acids is 1. The fourth-order valence-corrected chi connectivity index (χ4v) is 8.47. The van der Waals surface area contributed by atoms with Crippen LogP contribution in [0.1, 0.15) is 23.2 Å². The van der Waals surface area contributed by atoms with E-state index in [0.29, 0.717) is 6.42 Å². The fraction of sp³-hybridized carbons (Fsp3) is 0.107. The molecule has 0 aliphatic heterocycles. The summed E-state index contributed by atoms with van der Waals surface area (Å²) in [5.74, 6) is 0.225. The van der Waals surface area contributed by atoms with Gasteiger partial charge in [0.1, 0.15) is 23.2 Å². The Kier molecular flexibility index (Phi) is 6.52. The second kappa shape index (κ2) is 9.65. The van der Waals surface area contributed by atoms with Crippen LogP contribution in [-0.2, 0) is 0 Å². The Balaban J connectivity index is 1.72. The van der Waals surface area contributed by atoms with Crippen molar-refractivity contribution in [1.82, 2.24) is 0 Å². The van der Waals surface area contributed by atoms with E-state index in [0.717, 1.165) is 18.1 Å². The Hall–Kier alpha value is -3.02. The summed E-state index contributed by atoms with van der Waals surface area (Å²) in [6, 6.07) is 42.2. The van der Waals surface area contributed by atoms with Gasteiger partial charge in [0, 0.05) is 12.0 Å². The summed E-state index contributed by atoms with van der Waals surface area (Å²) in [5.41, 5.74) is 0.806. The van der Waals surface area contributed by atoms with Gasteiger partial charge in [-0.15, -0.1) is 0 Å². The molecule has 2 heteroatoms. The van der Waals surface area contributed by atoms with Crippen LogP contribution in [0.3, 0.4) is 0 Å². The maximum atomic E-state index is 12.8. The third-order valence-corrected chi connectivity index (χ3v) is 10.1. The molecule has 0 saturated carbocycles. The summed E-state index contributed by atoms with van der Waals surface area (Å²) in [7, 11) is -1.85. The van der Waals surface area contributed by atoms with Gasteiger partial charge in [-0.05, 0) is 42.8 Å². The molecule has 0 saturated heterocycles. The summed E-state index contributed by atoms with van der Waals surface area (Å²) in [4.78, 5) is 12.8. The molecular weight excluding hydrogens is 383 g/mol. The molecule has 0 atom stereocenters. The maximum absolute atomic E-state index is 12.8. The van der Waals surface area contributed by atoms with Crippen LogP contribution < -0.4 is 15.9 Å². The van der Waals surface area contributed by atoms with Crippen molar-refractivity contribution in [2.45, 2.75) is 12.8 Å². The van der Waals surface area contributed by atoms with Crippen LogP contribution in [0.4, 0.5) is 0 Å². The number of hydrogen-bond donors (Lipinski definition) is 0. The van der Waals surface area contributed by atoms with Gasteiger partial charge >= 0.3 is 0 Å². The molecule has 4 aromatic carbocycles. The third-order valence-electron chi connectivity index (χ3n) is 5.58. The van der Waals surface area contributed by atoms with Gasteiger partial charge in [0.2, 0.25) is 0 Å². The van der Waals surface area contributed by atoms with E-state index >= 15 is 0 Å². The van der Waals surface area contributed by atoms with Gasteiger partial charge in [-0.1, -0.05) is 84.9 Å². The molecule has 0 heterocycles. The molecule has 0 N–H and O–H groups in total. The summed E-state index contributed by atoms with van der Waals surface area (Å²) in [6.07, 6.45) is 2.40. The molecule has 0 fully saturated rings. The number of benzene rings is 4. The Morgan fingerprint density at radius 3 is 1.30 bits per heavy atom. The molecule has 0 bridgehead atoms. The summed E-state index contributed by atoms with van der Waals surface area (Å²) < 4.78 is 0. The minimum atomic E-state index is -1.85. The van der Waals surface area contributed by atoms with Crippen LogP contribution in [-0.4, -0.2) is 11.9 Å². The molecule has 148 valence electrons. The number of carbonyl (C=O) groups is 1. The molecule has 0 aromatic heterocycles. The normalized spacial score (nSPS) is 11.2. The van der Waals surface area contributed by atoms with Crippen molar-refractivity contribution in [3.05, 3.63) is 127 Å². The van der Waals surface area contributed by atoms with E-state index in [9.17, 15) is 4.79 Å². The first-order chi connectivity index (χ1) is 14.8. The second-order valence-corrected chi connectivity index (χ2v) is 11.0. The van der Waals surface area contributed by atoms with Crippen molar-refractivity contribution >= 4 is 29.0 Å². The zero-order chi connectivity index (χ0) is 20.7. The van der Waals surface area contributed by atoms with E-state index in [1.54, 1.807) is 0 Å². The smallest absolute Gasteiger partial charge is 0.163 e. The van der Waals surface area contributed by atoms with Gasteiger partial charge in [0.25, 0.3) is 0 Å². The fourth-order valence-electron chi connectivity index (χ4n) is 4.13. The monoisotopic (exact) mass is 409 g/mol. The zero-order valence-electron chi connectivity index (χ0n) is 17.0. The van der Waals surface area contributed by atoms with Gasteiger partial charge in [-0.3, -0.25) is 4.79 Å². The molecule has 4 aromatic rings. The van der Waals surface area contributed by atoms with Gasteiger partial charge < -0.3 is 0 Å². The number of rotatable bonds is 8. The molecule has 30 heavy (non-hydrogen) atoms. The topological polar surface area (TPSA) is 17.1 Å². The van der Waals surface area contributed by atoms with E-state index in [4.69, 9.17) is 0 Å². The minimum absolute atomic E-state index is 0.225. The van der Waals surface area contributed by atoms with E-state index in [1.807, 2.05) is 30.3 Å². The summed E-state index contributed by atoms with van der Waals surface area (Å²) >= 11 is 0. The lowest BCUT2D eigenvalue weighted by Gasteiger charge is -2.27. The first-order valence-corrected chi connectivity index (χ1v) is 12.4. The molecule has 0 aliphatic rings. The molecule has 0 aliphatic carbocycles. The van der Waals surface area contributed by atoms with Crippen LogP contribution in [0.25, 0.3) is 0 Å². The van der Waals surface area contributed by atoms with Crippen LogP contribution in [0, 0.1) is 0 Å². The molecule has 0 spiro atoms. The highest BCUT2D eigenvalue weighted by Crippen LogP contribution is 2.55. The highest BCUT2D eigenvalue weighted by atomic mass is 31.2. The predicted molar refractivity (Wildman–Crippen MR) is 130 cm³/mol. The minimum Gasteiger partial charge on any atom is -0.294 e. The zero-order valence-corrected chi connectivity index (χ0v) is 17.9. The highest BCUT2D eigenvalue weighted by Gasteiger charge is 2.44. The maximum Gasteiger partial charge on any atom is 0.163 e. The number of hydrogen-bond acceptors (Lipinski definition) is 1. The Morgan fingerprint density at radius 2 is 0.900 bits per heavy atom. The van der Waals surface area contributed by atoms with Gasteiger partial charge in [-0.25, -0.2) is 0 Å². The summed E-state index contributed by atoms with van der Waals surface area (Å²) in [5, 5.41) is 4.11. The third kappa shape index (κ3) is 4.27. The Labute approximate surface area is 179 Å². The highest BCUT2D eigenvalue weighted by molar-refractivity contribution is 7.95. The van der Waals surface area contributed by atoms with E-state index < -0.39 is 7.26 Å². The van der Waals surface area contributed by atoms with Crippen LogP contribution in [0.15, 0.2) is 121 Å². The molecule has 0 unspecified atom stereocenters. The van der Waals surface area contributed by atoms with Crippen molar-refractivity contribution in [1.29, 1.82) is 0 Å². The first kappa shape index (κ1) is 20.3. The molecular formula is C28H26OP+. The van der Waals surface area contributed by atoms with E-state index in [1.165, 1.54) is 15.9 Å². The molecule has 0 radical (unpaired) electrons. The van der Waals surface area contributed by atoms with Crippen LogP contribution >= 0.6 is 7.26 Å². The molecule has 0 amide bonds. The lowest BCUT2D eigenvalue weighted by molar-refractivity contribution is 0.0982. The molecule has 1 nitrogen and oxygen atoms in total. The second-order valence-electron chi connectivity index (χ2n) is 7.43. The van der Waals surface area contributed by atoms with Crippen LogP contribution in [0.2, 0.25) is 0 Å². The van der Waals surface area contributed by atoms with Gasteiger partial charge in [-0.2, -0.15) is 0 Å². The van der Waals surface area contributed by atoms with E-state index in [-0.39, 0.29) is 5.78 Å². The van der Waals surface area contributed by atoms with Crippen molar-refractivity contribution in [2.24, 2.45) is 0 Å². The van der Waals surface area contributed by atoms with E-state index in [2.05, 4.69) is 91.0 Å². The first-order valence-electron chi connectivity index (χ1n) is 10.4. The lowest BCUT2D eigenvalue weighted by atomic mass is 10.1. The Bertz CT molecular complexity index is 964. The predicted octanol–water partition coefficient (Wildman–Crippen LogP) is 5.64. The van der Waals surface area contributed by atoms with Gasteiger partial charge in [0.15, 0.2) is 5.78 Å². The van der Waals surface area contributed by atoms with Crippen molar-refractivity contribution in [3.8, 4) is 0 Å². The quantitative estimate of drug-likeness (QED) is 0.272. The summed E-state index contributed by atoms with van der Waals surface area (Å²) in [6.45, 7) is 0. The number of ketones is 1. The lowest BCUT2D eigenvalue weighted by Crippen LogP contribution is -2.33. The average molecular weight is 409 g/mol. The van der Waals surface area contributed by atoms with Crippen LogP contribution in [0.5, 0.6) is 0 Å². The van der Waals surface area contributed by atoms with Crippen molar-refractivity contribution in [2.75, 3.05) is 6.16 Å². The average Bonchev–Trinajstić information content (AvgIpc) is 2.84. The Morgan fingerprint density at radius 1 is 0.533 bits per heavy atom. The van der Waals surface area contributed by atoms with Crippen molar-refractivity contribution < 1.29 is 4.79 Å². The molecule has 4 rings (SSSR count). The number of Topliss-reactive ketones (excluding diaryl/α,β-unsaturated/α-hetero) is 1. The van der Waals surface area contributed by atoms with Gasteiger partial charge in [0.05, 0.1) is 6.16 Å². The van der Waals surface area contributed by atoms with Crippen molar-refractivity contribution in [3.63, 3.8) is 0 Å².